The number of carbonyl (C=O) groups is 2. The van der Waals surface area contributed by atoms with Crippen molar-refractivity contribution in [3.8, 4) is 11.8 Å². The maximum Gasteiger partial charge on any atom is 0.251 e. The minimum absolute atomic E-state index is 0.0434. The number of amides is 2. The van der Waals surface area contributed by atoms with E-state index in [4.69, 9.17) is 10.00 Å². The third kappa shape index (κ3) is 3.62. The molecule has 2 rings (SSSR count). The minimum atomic E-state index is -0.618. The lowest BCUT2D eigenvalue weighted by Crippen LogP contribution is -2.38. The van der Waals surface area contributed by atoms with Gasteiger partial charge < -0.3 is 4.74 Å². The van der Waals surface area contributed by atoms with Crippen LogP contribution in [0.3, 0.4) is 0 Å². The van der Waals surface area contributed by atoms with Crippen molar-refractivity contribution in [1.82, 2.24) is 5.32 Å². The summed E-state index contributed by atoms with van der Waals surface area (Å²) in [5.74, 6) is 0.135. The number of imide groups is 1. The highest BCUT2D eigenvalue weighted by Gasteiger charge is 2.39. The summed E-state index contributed by atoms with van der Waals surface area (Å²) in [5.41, 5.74) is 0.527. The molecule has 1 aliphatic heterocycles. The van der Waals surface area contributed by atoms with E-state index < -0.39 is 6.04 Å². The van der Waals surface area contributed by atoms with Gasteiger partial charge in [0.15, 0.2) is 0 Å². The van der Waals surface area contributed by atoms with Crippen molar-refractivity contribution in [3.05, 3.63) is 24.3 Å². The Morgan fingerprint density at radius 3 is 2.73 bits per heavy atom. The predicted molar refractivity (Wildman–Crippen MR) is 81.4 cm³/mol. The average Bonchev–Trinajstić information content (AvgIpc) is 2.80. The maximum absolute atomic E-state index is 12.2. The van der Waals surface area contributed by atoms with Gasteiger partial charge in [-0.3, -0.25) is 14.9 Å². The number of benzene rings is 1. The van der Waals surface area contributed by atoms with Crippen LogP contribution in [0.1, 0.15) is 26.2 Å². The van der Waals surface area contributed by atoms with Gasteiger partial charge in [0.2, 0.25) is 5.91 Å². The van der Waals surface area contributed by atoms with Gasteiger partial charge in [0.25, 0.3) is 5.91 Å². The zero-order valence-electron chi connectivity index (χ0n) is 12.5. The number of nitriles is 1. The number of carbonyl (C=O) groups excluding carboxylic acids is 2. The van der Waals surface area contributed by atoms with Gasteiger partial charge in [-0.2, -0.15) is 5.26 Å². The predicted octanol–water partition coefficient (Wildman–Crippen LogP) is 1.61. The van der Waals surface area contributed by atoms with E-state index in [1.165, 1.54) is 0 Å². The van der Waals surface area contributed by atoms with Crippen LogP contribution < -0.4 is 15.0 Å². The standard InChI is InChI=1S/C16H19N3O3/c1-2-3-10-22-13-6-4-12(5-7-13)19-15(20)11-14(16(19)21)18-9-8-17/h4-7,14,18H,2-3,9-11H2,1H3/t14-/m0/s1. The molecule has 1 N–H and O–H groups in total. The summed E-state index contributed by atoms with van der Waals surface area (Å²) in [6, 6.07) is 8.19. The second-order valence-corrected chi connectivity index (χ2v) is 5.06. The Hall–Kier alpha value is -2.39. The largest absolute Gasteiger partial charge is 0.494 e. The molecule has 6 nitrogen and oxygen atoms in total. The first-order chi connectivity index (χ1) is 10.7. The Morgan fingerprint density at radius 1 is 1.36 bits per heavy atom. The van der Waals surface area contributed by atoms with Crippen LogP contribution in [-0.2, 0) is 9.59 Å². The summed E-state index contributed by atoms with van der Waals surface area (Å²) >= 11 is 0. The lowest BCUT2D eigenvalue weighted by Gasteiger charge is -2.15. The van der Waals surface area contributed by atoms with Crippen LogP contribution in [0, 0.1) is 11.3 Å². The number of nitrogens with one attached hydrogen (secondary N) is 1. The summed E-state index contributed by atoms with van der Waals surface area (Å²) in [6.45, 7) is 2.78. The van der Waals surface area contributed by atoms with Gasteiger partial charge in [0.1, 0.15) is 5.75 Å². The number of rotatable bonds is 7. The molecular weight excluding hydrogens is 282 g/mol. The molecule has 0 radical (unpaired) electrons. The monoisotopic (exact) mass is 301 g/mol. The van der Waals surface area contributed by atoms with E-state index in [1.807, 2.05) is 6.07 Å². The zero-order chi connectivity index (χ0) is 15.9. The highest BCUT2D eigenvalue weighted by Crippen LogP contribution is 2.25. The fourth-order valence-corrected chi connectivity index (χ4v) is 2.26. The highest BCUT2D eigenvalue weighted by atomic mass is 16.5. The van der Waals surface area contributed by atoms with Crippen LogP contribution in [0.4, 0.5) is 5.69 Å². The highest BCUT2D eigenvalue weighted by molar-refractivity contribution is 6.22. The van der Waals surface area contributed by atoms with Gasteiger partial charge in [0.05, 0.1) is 37.4 Å². The molecule has 1 aromatic carbocycles. The Labute approximate surface area is 129 Å². The smallest absolute Gasteiger partial charge is 0.251 e. The van der Waals surface area contributed by atoms with Gasteiger partial charge in [0, 0.05) is 0 Å². The fraction of sp³-hybridized carbons (Fsp3) is 0.438. The zero-order valence-corrected chi connectivity index (χ0v) is 12.5. The molecule has 1 heterocycles. The molecule has 0 aromatic heterocycles. The number of unbranched alkanes of at least 4 members (excludes halogenated alkanes) is 1. The number of hydrogen-bond acceptors (Lipinski definition) is 5. The third-order valence-corrected chi connectivity index (χ3v) is 3.44. The number of nitrogens with zero attached hydrogens (tertiary/aromatic N) is 2. The Morgan fingerprint density at radius 2 is 2.09 bits per heavy atom. The summed E-state index contributed by atoms with van der Waals surface area (Å²) in [7, 11) is 0. The molecule has 0 saturated carbocycles. The lowest BCUT2D eigenvalue weighted by atomic mass is 10.2. The Balaban J connectivity index is 2.03. The minimum Gasteiger partial charge on any atom is -0.494 e. The van der Waals surface area contributed by atoms with E-state index in [2.05, 4.69) is 12.2 Å². The molecule has 1 fully saturated rings. The lowest BCUT2D eigenvalue weighted by molar-refractivity contribution is -0.121. The van der Waals surface area contributed by atoms with Crippen molar-refractivity contribution in [2.75, 3.05) is 18.1 Å². The van der Waals surface area contributed by atoms with Crippen molar-refractivity contribution in [2.45, 2.75) is 32.2 Å². The molecule has 22 heavy (non-hydrogen) atoms. The van der Waals surface area contributed by atoms with Gasteiger partial charge in [-0.15, -0.1) is 0 Å². The first-order valence-corrected chi connectivity index (χ1v) is 7.37. The second-order valence-electron chi connectivity index (χ2n) is 5.06. The SMILES string of the molecule is CCCCOc1ccc(N2C(=O)C[C@H](NCC#N)C2=O)cc1. The van der Waals surface area contributed by atoms with Gasteiger partial charge in [-0.05, 0) is 30.7 Å². The molecule has 1 saturated heterocycles. The van der Waals surface area contributed by atoms with Crippen LogP contribution in [0.15, 0.2) is 24.3 Å². The van der Waals surface area contributed by atoms with Crippen molar-refractivity contribution < 1.29 is 14.3 Å². The Kier molecular flexibility index (Phi) is 5.50. The molecule has 0 unspecified atom stereocenters. The fourth-order valence-electron chi connectivity index (χ4n) is 2.26. The Bertz CT molecular complexity index is 577. The number of anilines is 1. The summed E-state index contributed by atoms with van der Waals surface area (Å²) in [4.78, 5) is 25.4. The van der Waals surface area contributed by atoms with Crippen molar-refractivity contribution in [1.29, 1.82) is 5.26 Å². The second kappa shape index (κ2) is 7.57. The van der Waals surface area contributed by atoms with Crippen LogP contribution in [0.5, 0.6) is 5.75 Å². The van der Waals surface area contributed by atoms with Crippen LogP contribution in [0.2, 0.25) is 0 Å². The maximum atomic E-state index is 12.2. The van der Waals surface area contributed by atoms with E-state index in [0.717, 1.165) is 23.5 Å². The van der Waals surface area contributed by atoms with Crippen LogP contribution >= 0.6 is 0 Å². The molecule has 2 amide bonds. The quantitative estimate of drug-likeness (QED) is 0.470. The first-order valence-electron chi connectivity index (χ1n) is 7.37. The van der Waals surface area contributed by atoms with Crippen molar-refractivity contribution in [2.24, 2.45) is 0 Å². The summed E-state index contributed by atoms with van der Waals surface area (Å²) in [6.07, 6.45) is 2.12. The average molecular weight is 301 g/mol. The number of ether oxygens (including phenoxy) is 1. The van der Waals surface area contributed by atoms with Gasteiger partial charge in [-0.25, -0.2) is 4.90 Å². The summed E-state index contributed by atoms with van der Waals surface area (Å²) in [5, 5.41) is 11.3. The molecule has 0 spiro atoms. The molecule has 1 aliphatic rings. The van der Waals surface area contributed by atoms with Crippen molar-refractivity contribution in [3.63, 3.8) is 0 Å². The first kappa shape index (κ1) is 16.0. The van der Waals surface area contributed by atoms with E-state index >= 15 is 0 Å². The molecular formula is C16H19N3O3. The van der Waals surface area contributed by atoms with E-state index in [-0.39, 0.29) is 24.8 Å². The van der Waals surface area contributed by atoms with Gasteiger partial charge in [-0.1, -0.05) is 13.3 Å². The van der Waals surface area contributed by atoms with Crippen LogP contribution in [0.25, 0.3) is 0 Å². The molecule has 1 atom stereocenters. The molecule has 6 heteroatoms. The topological polar surface area (TPSA) is 82.4 Å². The molecule has 116 valence electrons. The molecule has 0 aliphatic carbocycles. The van der Waals surface area contributed by atoms with Crippen LogP contribution in [-0.4, -0.2) is 31.0 Å². The molecule has 1 aromatic rings. The van der Waals surface area contributed by atoms with Gasteiger partial charge >= 0.3 is 0 Å². The number of hydrogen-bond donors (Lipinski definition) is 1. The normalized spacial score (nSPS) is 17.6. The van der Waals surface area contributed by atoms with Crippen molar-refractivity contribution >= 4 is 17.5 Å². The summed E-state index contributed by atoms with van der Waals surface area (Å²) < 4.78 is 5.56. The van der Waals surface area contributed by atoms with E-state index in [0.29, 0.717) is 12.3 Å². The van der Waals surface area contributed by atoms with E-state index in [9.17, 15) is 9.59 Å². The molecule has 0 bridgehead atoms. The third-order valence-electron chi connectivity index (χ3n) is 3.44. The van der Waals surface area contributed by atoms with E-state index in [1.54, 1.807) is 24.3 Å².